The third-order valence-electron chi connectivity index (χ3n) is 3.42. The fourth-order valence-electron chi connectivity index (χ4n) is 2.22. The lowest BCUT2D eigenvalue weighted by atomic mass is 10.1. The normalized spacial score (nSPS) is 10.1. The molecule has 24 heavy (non-hydrogen) atoms. The molecule has 126 valence electrons. The zero-order valence-electron chi connectivity index (χ0n) is 13.9. The molecular formula is C19H21NO4. The van der Waals surface area contributed by atoms with E-state index in [-0.39, 0.29) is 12.5 Å². The minimum Gasteiger partial charge on any atom is -0.491 e. The summed E-state index contributed by atoms with van der Waals surface area (Å²) in [5.74, 6) is 0.945. The van der Waals surface area contributed by atoms with Crippen molar-refractivity contribution < 1.29 is 19.1 Å². The van der Waals surface area contributed by atoms with Crippen LogP contribution in [0.2, 0.25) is 0 Å². The number of carbonyl (C=O) groups is 2. The van der Waals surface area contributed by atoms with Crippen LogP contribution in [-0.2, 0) is 4.79 Å². The van der Waals surface area contributed by atoms with Gasteiger partial charge in [-0.25, -0.2) is 0 Å². The average molecular weight is 327 g/mol. The maximum atomic E-state index is 11.8. The fraction of sp³-hybridized carbons (Fsp3) is 0.263. The van der Waals surface area contributed by atoms with Crippen LogP contribution >= 0.6 is 0 Å². The summed E-state index contributed by atoms with van der Waals surface area (Å²) in [4.78, 5) is 22.6. The van der Waals surface area contributed by atoms with E-state index in [1.54, 1.807) is 24.3 Å². The molecule has 0 aliphatic heterocycles. The van der Waals surface area contributed by atoms with Crippen LogP contribution < -0.4 is 14.8 Å². The minimum absolute atomic E-state index is 0.144. The van der Waals surface area contributed by atoms with Crippen molar-refractivity contribution in [3.63, 3.8) is 0 Å². The molecule has 5 nitrogen and oxygen atoms in total. The average Bonchev–Trinajstić information content (AvgIpc) is 2.58. The highest BCUT2D eigenvalue weighted by atomic mass is 16.5. The quantitative estimate of drug-likeness (QED) is 0.598. The summed E-state index contributed by atoms with van der Waals surface area (Å²) in [5.41, 5.74) is 2.67. The molecule has 1 amide bonds. The number of aryl methyl sites for hydroxylation is 2. The molecule has 0 unspecified atom stereocenters. The minimum atomic E-state index is -0.264. The first-order valence-electron chi connectivity index (χ1n) is 7.74. The monoisotopic (exact) mass is 327 g/mol. The van der Waals surface area contributed by atoms with Gasteiger partial charge >= 0.3 is 0 Å². The lowest BCUT2D eigenvalue weighted by Gasteiger charge is -2.11. The van der Waals surface area contributed by atoms with Crippen molar-refractivity contribution in [3.05, 3.63) is 59.2 Å². The van der Waals surface area contributed by atoms with Gasteiger partial charge in [0.15, 0.2) is 12.9 Å². The highest BCUT2D eigenvalue weighted by molar-refractivity contribution is 5.80. The van der Waals surface area contributed by atoms with Crippen molar-refractivity contribution in [2.24, 2.45) is 0 Å². The Hall–Kier alpha value is -2.82. The lowest BCUT2D eigenvalue weighted by molar-refractivity contribution is -0.123. The third-order valence-corrected chi connectivity index (χ3v) is 3.42. The summed E-state index contributed by atoms with van der Waals surface area (Å²) in [7, 11) is 0. The van der Waals surface area contributed by atoms with Crippen LogP contribution in [0.5, 0.6) is 11.5 Å². The highest BCUT2D eigenvalue weighted by Crippen LogP contribution is 2.18. The molecule has 5 heteroatoms. The zero-order chi connectivity index (χ0) is 17.4. The molecule has 0 saturated heterocycles. The summed E-state index contributed by atoms with van der Waals surface area (Å²) in [6.45, 7) is 4.62. The van der Waals surface area contributed by atoms with E-state index < -0.39 is 0 Å². The predicted molar refractivity (Wildman–Crippen MR) is 91.7 cm³/mol. The SMILES string of the molecule is Cc1ccc(OCCNC(=O)COc2ccccc2C=O)c(C)c1. The Balaban J connectivity index is 1.71. The number of carbonyl (C=O) groups excluding carboxylic acids is 2. The predicted octanol–water partition coefficient (Wildman–Crippen LogP) is 2.69. The van der Waals surface area contributed by atoms with E-state index in [0.29, 0.717) is 30.8 Å². The molecule has 0 saturated carbocycles. The summed E-state index contributed by atoms with van der Waals surface area (Å²) < 4.78 is 11.0. The molecular weight excluding hydrogens is 306 g/mol. The Bertz CT molecular complexity index is 712. The summed E-state index contributed by atoms with van der Waals surface area (Å²) in [6.07, 6.45) is 0.699. The van der Waals surface area contributed by atoms with Gasteiger partial charge in [-0.1, -0.05) is 29.8 Å². The first-order chi connectivity index (χ1) is 11.6. The van der Waals surface area contributed by atoms with E-state index in [4.69, 9.17) is 9.47 Å². The van der Waals surface area contributed by atoms with E-state index in [2.05, 4.69) is 5.32 Å². The number of benzene rings is 2. The van der Waals surface area contributed by atoms with Gasteiger partial charge in [0, 0.05) is 0 Å². The molecule has 2 aromatic carbocycles. The molecule has 0 atom stereocenters. The van der Waals surface area contributed by atoms with Crippen LogP contribution in [0.4, 0.5) is 0 Å². The number of nitrogens with one attached hydrogen (secondary N) is 1. The standard InChI is InChI=1S/C19H21NO4/c1-14-7-8-17(15(2)11-14)23-10-9-20-19(22)13-24-18-6-4-3-5-16(18)12-21/h3-8,11-12H,9-10,13H2,1-2H3,(H,20,22). The van der Waals surface area contributed by atoms with Crippen molar-refractivity contribution in [2.75, 3.05) is 19.8 Å². The molecule has 2 rings (SSSR count). The third kappa shape index (κ3) is 5.12. The zero-order valence-corrected chi connectivity index (χ0v) is 13.9. The van der Waals surface area contributed by atoms with Gasteiger partial charge in [0.1, 0.15) is 18.1 Å². The molecule has 2 aromatic rings. The molecule has 1 N–H and O–H groups in total. The fourth-order valence-corrected chi connectivity index (χ4v) is 2.22. The van der Waals surface area contributed by atoms with Gasteiger partial charge in [0.25, 0.3) is 5.91 Å². The van der Waals surface area contributed by atoms with Gasteiger partial charge in [-0.05, 0) is 37.6 Å². The Morgan fingerprint density at radius 3 is 2.62 bits per heavy atom. The van der Waals surface area contributed by atoms with Gasteiger partial charge in [0.05, 0.1) is 12.1 Å². The summed E-state index contributed by atoms with van der Waals surface area (Å²) in [6, 6.07) is 12.7. The van der Waals surface area contributed by atoms with Crippen molar-refractivity contribution in [2.45, 2.75) is 13.8 Å². The number of rotatable bonds is 8. The van der Waals surface area contributed by atoms with Crippen molar-refractivity contribution >= 4 is 12.2 Å². The summed E-state index contributed by atoms with van der Waals surface area (Å²) >= 11 is 0. The highest BCUT2D eigenvalue weighted by Gasteiger charge is 2.06. The topological polar surface area (TPSA) is 64.6 Å². The molecule has 0 bridgehead atoms. The summed E-state index contributed by atoms with van der Waals surface area (Å²) in [5, 5.41) is 2.71. The first kappa shape index (κ1) is 17.5. The molecule has 0 aromatic heterocycles. The second-order valence-electron chi connectivity index (χ2n) is 5.41. The Morgan fingerprint density at radius 2 is 1.88 bits per heavy atom. The second kappa shape index (κ2) is 8.72. The molecule has 0 spiro atoms. The van der Waals surface area contributed by atoms with E-state index >= 15 is 0 Å². The Morgan fingerprint density at radius 1 is 1.08 bits per heavy atom. The lowest BCUT2D eigenvalue weighted by Crippen LogP contribution is -2.32. The molecule has 0 radical (unpaired) electrons. The van der Waals surface area contributed by atoms with Gasteiger partial charge in [-0.15, -0.1) is 0 Å². The van der Waals surface area contributed by atoms with Crippen molar-refractivity contribution in [3.8, 4) is 11.5 Å². The van der Waals surface area contributed by atoms with Crippen LogP contribution in [0.1, 0.15) is 21.5 Å². The Kier molecular flexibility index (Phi) is 6.37. The molecule has 0 aliphatic rings. The van der Waals surface area contributed by atoms with Crippen LogP contribution in [0.25, 0.3) is 0 Å². The van der Waals surface area contributed by atoms with Gasteiger partial charge < -0.3 is 14.8 Å². The van der Waals surface area contributed by atoms with Gasteiger partial charge in [0.2, 0.25) is 0 Å². The maximum absolute atomic E-state index is 11.8. The maximum Gasteiger partial charge on any atom is 0.258 e. The Labute approximate surface area is 141 Å². The van der Waals surface area contributed by atoms with E-state index in [9.17, 15) is 9.59 Å². The second-order valence-corrected chi connectivity index (χ2v) is 5.41. The van der Waals surface area contributed by atoms with Crippen LogP contribution in [0.3, 0.4) is 0 Å². The first-order valence-corrected chi connectivity index (χ1v) is 7.74. The van der Waals surface area contributed by atoms with Crippen LogP contribution in [0.15, 0.2) is 42.5 Å². The molecule has 0 heterocycles. The van der Waals surface area contributed by atoms with Crippen LogP contribution in [-0.4, -0.2) is 32.0 Å². The number of aldehydes is 1. The van der Waals surface area contributed by atoms with Gasteiger partial charge in [-0.3, -0.25) is 9.59 Å². The smallest absolute Gasteiger partial charge is 0.258 e. The van der Waals surface area contributed by atoms with Crippen molar-refractivity contribution in [1.82, 2.24) is 5.32 Å². The number of hydrogen-bond acceptors (Lipinski definition) is 4. The van der Waals surface area contributed by atoms with E-state index in [0.717, 1.165) is 11.3 Å². The number of para-hydroxylation sites is 1. The number of hydrogen-bond donors (Lipinski definition) is 1. The molecule has 0 aliphatic carbocycles. The van der Waals surface area contributed by atoms with Crippen molar-refractivity contribution in [1.29, 1.82) is 0 Å². The van der Waals surface area contributed by atoms with Gasteiger partial charge in [-0.2, -0.15) is 0 Å². The number of ether oxygens (including phenoxy) is 2. The largest absolute Gasteiger partial charge is 0.491 e. The molecule has 0 fully saturated rings. The number of amides is 1. The van der Waals surface area contributed by atoms with E-state index in [1.165, 1.54) is 5.56 Å². The van der Waals surface area contributed by atoms with E-state index in [1.807, 2.05) is 32.0 Å². The van der Waals surface area contributed by atoms with Crippen LogP contribution in [0, 0.1) is 13.8 Å².